The molecule has 4 nitrogen and oxygen atoms in total. The minimum atomic E-state index is -0.464. The quantitative estimate of drug-likeness (QED) is 0.588. The van der Waals surface area contributed by atoms with Gasteiger partial charge in [-0.05, 0) is 24.6 Å². The van der Waals surface area contributed by atoms with Crippen LogP contribution in [0.25, 0.3) is 0 Å². The molecule has 1 unspecified atom stereocenters. The van der Waals surface area contributed by atoms with Gasteiger partial charge in [0.2, 0.25) is 0 Å². The molecule has 17 heavy (non-hydrogen) atoms. The van der Waals surface area contributed by atoms with E-state index in [0.29, 0.717) is 24.2 Å². The summed E-state index contributed by atoms with van der Waals surface area (Å²) in [6, 6.07) is 4.08. The van der Waals surface area contributed by atoms with Crippen molar-refractivity contribution in [2.24, 2.45) is 0 Å². The molecule has 1 aliphatic rings. The van der Waals surface area contributed by atoms with Crippen LogP contribution in [0.4, 0.5) is 4.39 Å². The number of carbonyl (C=O) groups is 2. The van der Waals surface area contributed by atoms with E-state index in [4.69, 9.17) is 4.74 Å². The van der Waals surface area contributed by atoms with Crippen molar-refractivity contribution >= 4 is 12.3 Å². The molecule has 0 radical (unpaired) electrons. The van der Waals surface area contributed by atoms with Crippen LogP contribution in [0.15, 0.2) is 18.2 Å². The third kappa shape index (κ3) is 2.43. The zero-order valence-corrected chi connectivity index (χ0v) is 9.02. The number of hydrogen-bond acceptors (Lipinski definition) is 4. The highest BCUT2D eigenvalue weighted by molar-refractivity contribution is 5.89. The van der Waals surface area contributed by atoms with Gasteiger partial charge < -0.3 is 9.47 Å². The number of carbonyl (C=O) groups excluding carboxylic acids is 2. The van der Waals surface area contributed by atoms with Crippen LogP contribution in [0.1, 0.15) is 17.9 Å². The van der Waals surface area contributed by atoms with E-state index in [1.807, 2.05) is 0 Å². The number of ketones is 1. The molecule has 0 aliphatic carbocycles. The summed E-state index contributed by atoms with van der Waals surface area (Å²) >= 11 is 0. The van der Waals surface area contributed by atoms with E-state index in [-0.39, 0.29) is 19.0 Å². The lowest BCUT2D eigenvalue weighted by atomic mass is 9.89. The maximum absolute atomic E-state index is 13.1. The Bertz CT molecular complexity index is 444. The zero-order valence-electron chi connectivity index (χ0n) is 9.02. The molecule has 5 heteroatoms. The van der Waals surface area contributed by atoms with E-state index in [1.165, 1.54) is 18.2 Å². The first-order chi connectivity index (χ1) is 8.22. The van der Waals surface area contributed by atoms with Gasteiger partial charge in [0.1, 0.15) is 18.2 Å². The third-order valence-corrected chi connectivity index (χ3v) is 2.70. The van der Waals surface area contributed by atoms with Crippen molar-refractivity contribution in [1.29, 1.82) is 0 Å². The van der Waals surface area contributed by atoms with E-state index < -0.39 is 11.7 Å². The Labute approximate surface area is 97.3 Å². The number of ether oxygens (including phenoxy) is 2. The fourth-order valence-electron chi connectivity index (χ4n) is 1.90. The fraction of sp³-hybridized carbons (Fsp3) is 0.333. The van der Waals surface area contributed by atoms with Crippen molar-refractivity contribution in [2.75, 3.05) is 13.2 Å². The number of halogens is 1. The predicted octanol–water partition coefficient (Wildman–Crippen LogP) is 1.43. The van der Waals surface area contributed by atoms with Gasteiger partial charge in [0, 0.05) is 5.56 Å². The molecule has 0 amide bonds. The molecule has 90 valence electrons. The topological polar surface area (TPSA) is 52.6 Å². The Morgan fingerprint density at radius 1 is 1.53 bits per heavy atom. The van der Waals surface area contributed by atoms with Gasteiger partial charge >= 0.3 is 0 Å². The number of benzene rings is 1. The molecule has 0 saturated carbocycles. The summed E-state index contributed by atoms with van der Waals surface area (Å²) in [5.41, 5.74) is 0.524. The van der Waals surface area contributed by atoms with Crippen molar-refractivity contribution < 1.29 is 23.5 Å². The number of rotatable bonds is 4. The van der Waals surface area contributed by atoms with Crippen LogP contribution in [0.5, 0.6) is 5.75 Å². The summed E-state index contributed by atoms with van der Waals surface area (Å²) in [4.78, 5) is 21.7. The molecular weight excluding hydrogens is 227 g/mol. The monoisotopic (exact) mass is 238 g/mol. The van der Waals surface area contributed by atoms with Crippen molar-refractivity contribution in [2.45, 2.75) is 12.3 Å². The van der Waals surface area contributed by atoms with Crippen LogP contribution in [0, 0.1) is 5.82 Å². The molecule has 0 bridgehead atoms. The summed E-state index contributed by atoms with van der Waals surface area (Å²) in [5, 5.41) is 0. The summed E-state index contributed by atoms with van der Waals surface area (Å²) in [6.45, 7) is 0.441. The second kappa shape index (κ2) is 4.95. The summed E-state index contributed by atoms with van der Waals surface area (Å²) < 4.78 is 22.9. The number of fused-ring (bicyclic) bond motifs is 1. The van der Waals surface area contributed by atoms with Crippen LogP contribution in [-0.4, -0.2) is 25.5 Å². The van der Waals surface area contributed by atoms with Gasteiger partial charge in [-0.3, -0.25) is 9.59 Å². The van der Waals surface area contributed by atoms with Crippen LogP contribution >= 0.6 is 0 Å². The lowest BCUT2D eigenvalue weighted by Gasteiger charge is -2.24. The molecule has 0 fully saturated rings. The minimum Gasteiger partial charge on any atom is -0.486 e. The van der Waals surface area contributed by atoms with E-state index >= 15 is 0 Å². The van der Waals surface area contributed by atoms with Gasteiger partial charge in [0.15, 0.2) is 5.78 Å². The maximum Gasteiger partial charge on any atom is 0.293 e. The third-order valence-electron chi connectivity index (χ3n) is 2.70. The summed E-state index contributed by atoms with van der Waals surface area (Å²) in [6.07, 6.45) is 0.345. The normalized spacial score (nSPS) is 18.2. The van der Waals surface area contributed by atoms with Gasteiger partial charge in [-0.25, -0.2) is 4.39 Å². The Balaban J connectivity index is 2.22. The highest BCUT2D eigenvalue weighted by atomic mass is 19.1. The first-order valence-electron chi connectivity index (χ1n) is 5.22. The van der Waals surface area contributed by atoms with Crippen molar-refractivity contribution in [3.8, 4) is 5.75 Å². The van der Waals surface area contributed by atoms with Crippen LogP contribution in [0.3, 0.4) is 0 Å². The number of hydrogen-bond donors (Lipinski definition) is 0. The molecule has 1 aromatic carbocycles. The molecule has 1 aliphatic heterocycles. The van der Waals surface area contributed by atoms with Crippen molar-refractivity contribution in [3.63, 3.8) is 0 Å². The Morgan fingerprint density at radius 2 is 2.35 bits per heavy atom. The van der Waals surface area contributed by atoms with Crippen LogP contribution < -0.4 is 4.74 Å². The van der Waals surface area contributed by atoms with E-state index in [2.05, 4.69) is 4.74 Å². The number of Topliss-reactive ketones (excluding diaryl/α,β-unsaturated/α-hetero) is 1. The van der Waals surface area contributed by atoms with Crippen molar-refractivity contribution in [3.05, 3.63) is 29.6 Å². The molecule has 0 N–H and O–H groups in total. The second-order valence-corrected chi connectivity index (χ2v) is 3.75. The highest BCUT2D eigenvalue weighted by Crippen LogP contribution is 2.34. The van der Waals surface area contributed by atoms with Crippen LogP contribution in [-0.2, 0) is 14.3 Å². The first-order valence-corrected chi connectivity index (χ1v) is 5.22. The SMILES string of the molecule is O=COCCC1C(=O)COc2ccc(F)cc21. The lowest BCUT2D eigenvalue weighted by Crippen LogP contribution is -2.27. The van der Waals surface area contributed by atoms with Crippen LogP contribution in [0.2, 0.25) is 0 Å². The van der Waals surface area contributed by atoms with E-state index in [9.17, 15) is 14.0 Å². The summed E-state index contributed by atoms with van der Waals surface area (Å²) in [5.74, 6) is -0.488. The standard InChI is InChI=1S/C12H11FO4/c13-8-1-2-12-10(5-8)9(3-4-16-7-14)11(15)6-17-12/h1-2,5,7,9H,3-4,6H2. The fourth-order valence-corrected chi connectivity index (χ4v) is 1.90. The smallest absolute Gasteiger partial charge is 0.293 e. The Morgan fingerprint density at radius 3 is 3.12 bits per heavy atom. The zero-order chi connectivity index (χ0) is 12.3. The van der Waals surface area contributed by atoms with Gasteiger partial charge in [-0.1, -0.05) is 0 Å². The average Bonchev–Trinajstić information content (AvgIpc) is 2.32. The molecular formula is C12H11FO4. The van der Waals surface area contributed by atoms with Gasteiger partial charge in [-0.2, -0.15) is 0 Å². The second-order valence-electron chi connectivity index (χ2n) is 3.75. The average molecular weight is 238 g/mol. The molecule has 0 aromatic heterocycles. The predicted molar refractivity (Wildman–Crippen MR) is 56.3 cm³/mol. The molecule has 1 aromatic rings. The van der Waals surface area contributed by atoms with E-state index in [0.717, 1.165) is 0 Å². The lowest BCUT2D eigenvalue weighted by molar-refractivity contribution is -0.130. The minimum absolute atomic E-state index is 0.0234. The largest absolute Gasteiger partial charge is 0.486 e. The highest BCUT2D eigenvalue weighted by Gasteiger charge is 2.29. The van der Waals surface area contributed by atoms with E-state index in [1.54, 1.807) is 0 Å². The Kier molecular flexibility index (Phi) is 3.37. The van der Waals surface area contributed by atoms with Gasteiger partial charge in [0.05, 0.1) is 12.5 Å². The van der Waals surface area contributed by atoms with Crippen molar-refractivity contribution in [1.82, 2.24) is 0 Å². The first kappa shape index (κ1) is 11.6. The molecule has 0 spiro atoms. The maximum atomic E-state index is 13.1. The summed E-state index contributed by atoms with van der Waals surface area (Å²) in [7, 11) is 0. The molecule has 2 rings (SSSR count). The van der Waals surface area contributed by atoms with Gasteiger partial charge in [-0.15, -0.1) is 0 Å². The Hall–Kier alpha value is -1.91. The van der Waals surface area contributed by atoms with Gasteiger partial charge in [0.25, 0.3) is 6.47 Å². The molecule has 1 heterocycles. The molecule has 0 saturated heterocycles. The molecule has 1 atom stereocenters.